The fourth-order valence-electron chi connectivity index (χ4n) is 1.91. The predicted octanol–water partition coefficient (Wildman–Crippen LogP) is 1.61. The smallest absolute Gasteiger partial charge is 0.309 e. The van der Waals surface area contributed by atoms with Crippen molar-refractivity contribution in [2.24, 2.45) is 5.73 Å². The highest BCUT2D eigenvalue weighted by Crippen LogP contribution is 2.28. The summed E-state index contributed by atoms with van der Waals surface area (Å²) in [5, 5.41) is 11.0. The number of anilines is 1. The number of carboxylic acid groups (broad SMARTS) is 1. The second-order valence-corrected chi connectivity index (χ2v) is 4.76. The highest BCUT2D eigenvalue weighted by Gasteiger charge is 2.15. The van der Waals surface area contributed by atoms with Crippen molar-refractivity contribution in [1.29, 1.82) is 0 Å². The Bertz CT molecular complexity index is 695. The van der Waals surface area contributed by atoms with Gasteiger partial charge in [0, 0.05) is 12.7 Å². The van der Waals surface area contributed by atoms with Crippen LogP contribution in [-0.2, 0) is 22.6 Å². The van der Waals surface area contributed by atoms with E-state index in [-0.39, 0.29) is 31.3 Å². The number of aliphatic carboxylic acids is 1. The highest BCUT2D eigenvalue weighted by molar-refractivity contribution is 5.95. The molecule has 1 aliphatic heterocycles. The lowest BCUT2D eigenvalue weighted by molar-refractivity contribution is -0.136. The van der Waals surface area contributed by atoms with Gasteiger partial charge in [-0.3, -0.25) is 14.6 Å². The van der Waals surface area contributed by atoms with Crippen molar-refractivity contribution < 1.29 is 19.4 Å². The summed E-state index contributed by atoms with van der Waals surface area (Å²) in [6.45, 7) is 0.554. The summed E-state index contributed by atoms with van der Waals surface area (Å²) < 4.78 is 5.18. The maximum atomic E-state index is 11.0. The molecule has 0 aliphatic carbocycles. The number of halogens is 1. The molecule has 3 rings (SSSR count). The molecule has 7 nitrogen and oxygen atoms in total. The van der Waals surface area contributed by atoms with Crippen LogP contribution in [0, 0.1) is 0 Å². The van der Waals surface area contributed by atoms with Crippen molar-refractivity contribution in [3.8, 4) is 5.75 Å². The molecule has 128 valence electrons. The number of benzene rings is 1. The van der Waals surface area contributed by atoms with Crippen LogP contribution in [-0.4, -0.2) is 28.6 Å². The van der Waals surface area contributed by atoms with Gasteiger partial charge in [-0.2, -0.15) is 0 Å². The molecule has 1 aromatic carbocycles. The molecule has 1 aliphatic rings. The predicted molar refractivity (Wildman–Crippen MR) is 91.3 cm³/mol. The van der Waals surface area contributed by atoms with Gasteiger partial charge < -0.3 is 20.9 Å². The van der Waals surface area contributed by atoms with E-state index in [4.69, 9.17) is 15.6 Å². The fraction of sp³-hybridized carbons (Fsp3) is 0.188. The molecule has 0 saturated carbocycles. The van der Waals surface area contributed by atoms with Crippen LogP contribution in [0.2, 0.25) is 0 Å². The van der Waals surface area contributed by atoms with Crippen LogP contribution in [0.4, 0.5) is 5.69 Å². The summed E-state index contributed by atoms with van der Waals surface area (Å²) >= 11 is 0. The summed E-state index contributed by atoms with van der Waals surface area (Å²) in [6, 6.07) is 10.7. The fourth-order valence-corrected chi connectivity index (χ4v) is 1.91. The summed E-state index contributed by atoms with van der Waals surface area (Å²) in [5.74, 6) is -0.267. The van der Waals surface area contributed by atoms with Crippen LogP contribution in [0.5, 0.6) is 5.75 Å². The second kappa shape index (κ2) is 9.49. The Balaban J connectivity index is 0.000000238. The van der Waals surface area contributed by atoms with Crippen molar-refractivity contribution >= 4 is 30.0 Å². The Morgan fingerprint density at radius 3 is 2.75 bits per heavy atom. The van der Waals surface area contributed by atoms with E-state index in [1.54, 1.807) is 24.4 Å². The molecular weight excluding hydrogens is 334 g/mol. The Morgan fingerprint density at radius 1 is 1.33 bits per heavy atom. The molecule has 2 aromatic rings. The lowest BCUT2D eigenvalue weighted by atomic mass is 10.1. The molecule has 0 atom stereocenters. The zero-order valence-electron chi connectivity index (χ0n) is 12.8. The van der Waals surface area contributed by atoms with Gasteiger partial charge in [0.05, 0.1) is 17.8 Å². The number of hydrogen-bond acceptors (Lipinski definition) is 5. The number of rotatable bonds is 3. The summed E-state index contributed by atoms with van der Waals surface area (Å²) in [5.41, 5.74) is 7.74. The normalized spacial score (nSPS) is 11.6. The molecule has 0 fully saturated rings. The van der Waals surface area contributed by atoms with Crippen molar-refractivity contribution in [2.75, 3.05) is 11.9 Å². The molecule has 0 unspecified atom stereocenters. The number of nitrogens with zero attached hydrogens (tertiary/aromatic N) is 1. The van der Waals surface area contributed by atoms with Crippen molar-refractivity contribution in [3.05, 3.63) is 53.9 Å². The molecule has 1 aromatic heterocycles. The lowest BCUT2D eigenvalue weighted by Crippen LogP contribution is -2.25. The Kier molecular flexibility index (Phi) is 7.67. The van der Waals surface area contributed by atoms with Gasteiger partial charge in [0.2, 0.25) is 0 Å². The number of amides is 1. The van der Waals surface area contributed by atoms with Crippen LogP contribution in [0.1, 0.15) is 11.3 Å². The Labute approximate surface area is 145 Å². The zero-order chi connectivity index (χ0) is 16.7. The average molecular weight is 352 g/mol. The summed E-state index contributed by atoms with van der Waals surface area (Å²) in [4.78, 5) is 24.9. The topological polar surface area (TPSA) is 115 Å². The summed E-state index contributed by atoms with van der Waals surface area (Å²) in [7, 11) is 0. The number of carbonyl (C=O) groups is 2. The van der Waals surface area contributed by atoms with E-state index in [0.717, 1.165) is 5.56 Å². The first-order chi connectivity index (χ1) is 11.1. The maximum Gasteiger partial charge on any atom is 0.309 e. The average Bonchev–Trinajstić information content (AvgIpc) is 2.55. The quantitative estimate of drug-likeness (QED) is 0.773. The van der Waals surface area contributed by atoms with Gasteiger partial charge >= 0.3 is 5.97 Å². The molecule has 1 amide bonds. The minimum atomic E-state index is -0.848. The van der Waals surface area contributed by atoms with Crippen LogP contribution in [0.3, 0.4) is 0 Å². The van der Waals surface area contributed by atoms with E-state index in [9.17, 15) is 9.59 Å². The largest absolute Gasteiger partial charge is 0.482 e. The van der Waals surface area contributed by atoms with Crippen molar-refractivity contribution in [2.45, 2.75) is 13.0 Å². The Morgan fingerprint density at radius 2 is 2.12 bits per heavy atom. The van der Waals surface area contributed by atoms with Crippen LogP contribution < -0.4 is 15.8 Å². The van der Waals surface area contributed by atoms with Crippen LogP contribution in [0.25, 0.3) is 0 Å². The van der Waals surface area contributed by atoms with Gasteiger partial charge in [-0.25, -0.2) is 0 Å². The number of pyridine rings is 1. The standard InChI is InChI=1S/C9H10N2O2.C7H7NO2.ClH/c10-4-6-1-2-8-7(3-6)11-9(12)5-13-8;9-7(10)5-6-3-1-2-4-8-6;/h1-3H,4-5,10H2,(H,11,12);1-4H,5H2,(H,9,10);1H. The molecule has 0 spiro atoms. The first kappa shape index (κ1) is 19.4. The molecule has 2 heterocycles. The molecule has 0 radical (unpaired) electrons. The van der Waals surface area contributed by atoms with E-state index in [1.165, 1.54) is 0 Å². The van der Waals surface area contributed by atoms with E-state index >= 15 is 0 Å². The molecule has 24 heavy (non-hydrogen) atoms. The third kappa shape index (κ3) is 5.86. The molecule has 4 N–H and O–H groups in total. The number of nitrogens with two attached hydrogens (primary N) is 1. The molecular formula is C16H18ClN3O4. The van der Waals surface area contributed by atoms with Gasteiger partial charge in [-0.05, 0) is 29.8 Å². The van der Waals surface area contributed by atoms with Gasteiger partial charge in [0.1, 0.15) is 5.75 Å². The van der Waals surface area contributed by atoms with Crippen molar-refractivity contribution in [1.82, 2.24) is 4.98 Å². The van der Waals surface area contributed by atoms with Gasteiger partial charge in [0.25, 0.3) is 5.91 Å². The number of aromatic nitrogens is 1. The number of fused-ring (bicyclic) bond motifs is 1. The van der Waals surface area contributed by atoms with E-state index in [0.29, 0.717) is 23.7 Å². The molecule has 0 bridgehead atoms. The maximum absolute atomic E-state index is 11.0. The van der Waals surface area contributed by atoms with E-state index < -0.39 is 5.97 Å². The van der Waals surface area contributed by atoms with Gasteiger partial charge in [-0.1, -0.05) is 12.1 Å². The van der Waals surface area contributed by atoms with Crippen LogP contribution >= 0.6 is 12.4 Å². The number of ether oxygens (including phenoxy) is 1. The van der Waals surface area contributed by atoms with Crippen LogP contribution in [0.15, 0.2) is 42.6 Å². The monoisotopic (exact) mass is 351 g/mol. The second-order valence-electron chi connectivity index (χ2n) is 4.76. The summed E-state index contributed by atoms with van der Waals surface area (Å²) in [6.07, 6.45) is 1.58. The minimum Gasteiger partial charge on any atom is -0.482 e. The van der Waals surface area contributed by atoms with E-state index in [1.807, 2.05) is 18.2 Å². The lowest BCUT2D eigenvalue weighted by Gasteiger charge is -2.18. The SMILES string of the molecule is Cl.NCc1ccc2c(c1)NC(=O)CO2.O=C(O)Cc1ccccn1. The van der Waals surface area contributed by atoms with Gasteiger partial charge in [0.15, 0.2) is 6.61 Å². The Hall–Kier alpha value is -2.64. The first-order valence-electron chi connectivity index (χ1n) is 6.96. The highest BCUT2D eigenvalue weighted by atomic mass is 35.5. The third-order valence-electron chi connectivity index (χ3n) is 2.97. The zero-order valence-corrected chi connectivity index (χ0v) is 13.6. The number of hydrogen-bond donors (Lipinski definition) is 3. The number of nitrogens with one attached hydrogen (secondary N) is 1. The van der Waals surface area contributed by atoms with E-state index in [2.05, 4.69) is 10.3 Å². The minimum absolute atomic E-state index is 0. The third-order valence-corrected chi connectivity index (χ3v) is 2.97. The van der Waals surface area contributed by atoms with Gasteiger partial charge in [-0.15, -0.1) is 12.4 Å². The number of carbonyl (C=O) groups excluding carboxylic acids is 1. The molecule has 0 saturated heterocycles. The first-order valence-corrected chi connectivity index (χ1v) is 6.96. The molecule has 8 heteroatoms. The van der Waals surface area contributed by atoms with Crippen molar-refractivity contribution in [3.63, 3.8) is 0 Å². The number of carboxylic acids is 1.